The number of ether oxygens (including phenoxy) is 1. The highest BCUT2D eigenvalue weighted by Crippen LogP contribution is 2.26. The van der Waals surface area contributed by atoms with E-state index in [9.17, 15) is 4.79 Å². The topological polar surface area (TPSA) is 42.4 Å². The van der Waals surface area contributed by atoms with Crippen molar-refractivity contribution in [2.24, 2.45) is 0 Å². The van der Waals surface area contributed by atoms with E-state index >= 15 is 0 Å². The van der Waals surface area contributed by atoms with Gasteiger partial charge in [-0.1, -0.05) is 13.3 Å². The number of aromatic nitrogens is 1. The third kappa shape index (κ3) is 3.04. The lowest BCUT2D eigenvalue weighted by Gasteiger charge is -2.14. The van der Waals surface area contributed by atoms with E-state index in [1.54, 1.807) is 12.0 Å². The molecule has 4 nitrogen and oxygen atoms in total. The van der Waals surface area contributed by atoms with E-state index < -0.39 is 0 Å². The maximum atomic E-state index is 12.2. The number of fused-ring (bicyclic) bond motifs is 1. The van der Waals surface area contributed by atoms with Gasteiger partial charge in [0.2, 0.25) is 0 Å². The van der Waals surface area contributed by atoms with Crippen LogP contribution in [0.5, 0.6) is 5.75 Å². The Labute approximate surface area is 117 Å². The zero-order valence-electron chi connectivity index (χ0n) is 11.5. The van der Waals surface area contributed by atoms with Crippen LogP contribution in [0, 0.1) is 0 Å². The maximum Gasteiger partial charge on any atom is 0.282 e. The smallest absolute Gasteiger partial charge is 0.282 e. The van der Waals surface area contributed by atoms with Gasteiger partial charge in [0.05, 0.1) is 17.3 Å². The van der Waals surface area contributed by atoms with Crippen molar-refractivity contribution >= 4 is 27.5 Å². The Kier molecular flexibility index (Phi) is 4.37. The molecule has 0 aliphatic carbocycles. The molecule has 0 spiro atoms. The molecule has 1 aromatic carbocycles. The number of amides is 1. The standard InChI is InChI=1S/C14H18N2O2S/c1-4-5-8-16(2)14(17)13-15-11-7-6-10(18-3)9-12(11)19-13/h6-7,9H,4-5,8H2,1-3H3. The lowest BCUT2D eigenvalue weighted by molar-refractivity contribution is 0.0793. The fourth-order valence-corrected chi connectivity index (χ4v) is 2.77. The second-order valence-electron chi connectivity index (χ2n) is 4.43. The van der Waals surface area contributed by atoms with Crippen molar-refractivity contribution in [3.05, 3.63) is 23.2 Å². The summed E-state index contributed by atoms with van der Waals surface area (Å²) in [6.07, 6.45) is 2.09. The minimum absolute atomic E-state index is 0.00591. The van der Waals surface area contributed by atoms with E-state index in [1.165, 1.54) is 11.3 Å². The Bertz CT molecular complexity index is 580. The second-order valence-corrected chi connectivity index (χ2v) is 5.46. The number of nitrogens with zero attached hydrogens (tertiary/aromatic N) is 2. The first-order chi connectivity index (χ1) is 9.15. The first-order valence-electron chi connectivity index (χ1n) is 6.35. The van der Waals surface area contributed by atoms with Crippen LogP contribution >= 0.6 is 11.3 Å². The normalized spacial score (nSPS) is 10.7. The lowest BCUT2D eigenvalue weighted by atomic mass is 10.3. The molecule has 0 fully saturated rings. The number of thiazole rings is 1. The van der Waals surface area contributed by atoms with E-state index in [4.69, 9.17) is 4.74 Å². The zero-order chi connectivity index (χ0) is 13.8. The SMILES string of the molecule is CCCCN(C)C(=O)c1nc2ccc(OC)cc2s1. The summed E-state index contributed by atoms with van der Waals surface area (Å²) in [5.41, 5.74) is 0.845. The fourth-order valence-electron chi connectivity index (χ4n) is 1.78. The summed E-state index contributed by atoms with van der Waals surface area (Å²) in [5.74, 6) is 0.781. The van der Waals surface area contributed by atoms with Gasteiger partial charge in [0.15, 0.2) is 5.01 Å². The molecule has 0 saturated carbocycles. The van der Waals surface area contributed by atoms with Gasteiger partial charge in [-0.25, -0.2) is 4.98 Å². The largest absolute Gasteiger partial charge is 0.497 e. The number of carbonyl (C=O) groups excluding carboxylic acids is 1. The molecule has 1 amide bonds. The van der Waals surface area contributed by atoms with Crippen LogP contribution in [0.25, 0.3) is 10.2 Å². The molecule has 0 aliphatic heterocycles. The summed E-state index contributed by atoms with van der Waals surface area (Å²) in [6, 6.07) is 5.65. The third-order valence-electron chi connectivity index (χ3n) is 2.97. The minimum atomic E-state index is -0.00591. The predicted octanol–water partition coefficient (Wildman–Crippen LogP) is 3.18. The van der Waals surface area contributed by atoms with Gasteiger partial charge >= 0.3 is 0 Å². The third-order valence-corrected chi connectivity index (χ3v) is 3.98. The van der Waals surface area contributed by atoms with Crippen LogP contribution in [0.4, 0.5) is 0 Å². The number of unbranched alkanes of at least 4 members (excludes halogenated alkanes) is 1. The van der Waals surface area contributed by atoms with Crippen LogP contribution in [0.2, 0.25) is 0 Å². The van der Waals surface area contributed by atoms with Crippen molar-refractivity contribution in [3.8, 4) is 5.75 Å². The van der Waals surface area contributed by atoms with Gasteiger partial charge in [-0.05, 0) is 24.6 Å². The van der Waals surface area contributed by atoms with Crippen molar-refractivity contribution in [2.45, 2.75) is 19.8 Å². The molecular formula is C14H18N2O2S. The first-order valence-corrected chi connectivity index (χ1v) is 7.17. The van der Waals surface area contributed by atoms with E-state index in [0.29, 0.717) is 5.01 Å². The summed E-state index contributed by atoms with van der Waals surface area (Å²) < 4.78 is 6.15. The molecule has 0 unspecified atom stereocenters. The fraction of sp³-hybridized carbons (Fsp3) is 0.429. The summed E-state index contributed by atoms with van der Waals surface area (Å²) >= 11 is 1.41. The van der Waals surface area contributed by atoms with Gasteiger partial charge in [-0.3, -0.25) is 4.79 Å². The van der Waals surface area contributed by atoms with Crippen molar-refractivity contribution in [2.75, 3.05) is 20.7 Å². The van der Waals surface area contributed by atoms with Crippen LogP contribution < -0.4 is 4.74 Å². The zero-order valence-corrected chi connectivity index (χ0v) is 12.3. The number of methoxy groups -OCH3 is 1. The van der Waals surface area contributed by atoms with Crippen molar-refractivity contribution < 1.29 is 9.53 Å². The lowest BCUT2D eigenvalue weighted by Crippen LogP contribution is -2.27. The van der Waals surface area contributed by atoms with Gasteiger partial charge in [0.25, 0.3) is 5.91 Å². The second kappa shape index (κ2) is 6.02. The minimum Gasteiger partial charge on any atom is -0.497 e. The summed E-state index contributed by atoms with van der Waals surface area (Å²) in [7, 11) is 3.46. The average Bonchev–Trinajstić information content (AvgIpc) is 2.86. The molecule has 2 rings (SSSR count). The maximum absolute atomic E-state index is 12.2. The van der Waals surface area contributed by atoms with Gasteiger partial charge in [0, 0.05) is 13.6 Å². The molecule has 0 radical (unpaired) electrons. The van der Waals surface area contributed by atoms with E-state index in [1.807, 2.05) is 25.2 Å². The molecule has 0 saturated heterocycles. The quantitative estimate of drug-likeness (QED) is 0.843. The van der Waals surface area contributed by atoms with Crippen LogP contribution in [-0.4, -0.2) is 36.5 Å². The molecule has 0 N–H and O–H groups in total. The highest BCUT2D eigenvalue weighted by molar-refractivity contribution is 7.20. The Morgan fingerprint density at radius 3 is 2.95 bits per heavy atom. The highest BCUT2D eigenvalue weighted by Gasteiger charge is 2.16. The van der Waals surface area contributed by atoms with E-state index in [0.717, 1.165) is 35.4 Å². The Hall–Kier alpha value is -1.62. The summed E-state index contributed by atoms with van der Waals surface area (Å²) in [6.45, 7) is 2.89. The number of rotatable bonds is 5. The van der Waals surface area contributed by atoms with E-state index in [-0.39, 0.29) is 5.91 Å². The van der Waals surface area contributed by atoms with Gasteiger partial charge in [-0.15, -0.1) is 11.3 Å². The summed E-state index contributed by atoms with van der Waals surface area (Å²) in [4.78, 5) is 18.3. The molecule has 1 heterocycles. The number of carbonyl (C=O) groups is 1. The van der Waals surface area contributed by atoms with Crippen molar-refractivity contribution in [1.29, 1.82) is 0 Å². The molecule has 0 bridgehead atoms. The molecule has 0 aliphatic rings. The predicted molar refractivity (Wildman–Crippen MR) is 78.0 cm³/mol. The number of benzene rings is 1. The van der Waals surface area contributed by atoms with Gasteiger partial charge in [0.1, 0.15) is 5.75 Å². The monoisotopic (exact) mass is 278 g/mol. The molecule has 2 aromatic rings. The first kappa shape index (κ1) is 13.8. The number of hydrogen-bond acceptors (Lipinski definition) is 4. The Balaban J connectivity index is 2.22. The average molecular weight is 278 g/mol. The number of hydrogen-bond donors (Lipinski definition) is 0. The van der Waals surface area contributed by atoms with Crippen molar-refractivity contribution in [1.82, 2.24) is 9.88 Å². The van der Waals surface area contributed by atoms with Gasteiger partial charge in [-0.2, -0.15) is 0 Å². The van der Waals surface area contributed by atoms with Crippen molar-refractivity contribution in [3.63, 3.8) is 0 Å². The highest BCUT2D eigenvalue weighted by atomic mass is 32.1. The Morgan fingerprint density at radius 1 is 1.47 bits per heavy atom. The van der Waals surface area contributed by atoms with Gasteiger partial charge < -0.3 is 9.64 Å². The molecule has 5 heteroatoms. The Morgan fingerprint density at radius 2 is 2.26 bits per heavy atom. The van der Waals surface area contributed by atoms with Crippen LogP contribution in [0.1, 0.15) is 29.6 Å². The van der Waals surface area contributed by atoms with Crippen LogP contribution in [0.3, 0.4) is 0 Å². The molecule has 102 valence electrons. The molecule has 1 aromatic heterocycles. The van der Waals surface area contributed by atoms with Crippen LogP contribution in [-0.2, 0) is 0 Å². The summed E-state index contributed by atoms with van der Waals surface area (Å²) in [5, 5.41) is 0.543. The molecule has 0 atom stereocenters. The van der Waals surface area contributed by atoms with Crippen LogP contribution in [0.15, 0.2) is 18.2 Å². The molecule has 19 heavy (non-hydrogen) atoms. The molecular weight excluding hydrogens is 260 g/mol. The van der Waals surface area contributed by atoms with E-state index in [2.05, 4.69) is 11.9 Å².